The number of rotatable bonds is 11. The Labute approximate surface area is 138 Å². The first kappa shape index (κ1) is 20.2. The lowest BCUT2D eigenvalue weighted by atomic mass is 10.1. The number of halogens is 3. The predicted octanol–water partition coefficient (Wildman–Crippen LogP) is 5.10. The average Bonchev–Trinajstić information content (AvgIpc) is 2.52. The number of aryl methyl sites for hydroxylation is 1. The van der Waals surface area contributed by atoms with Crippen molar-refractivity contribution in [1.29, 1.82) is 0 Å². The SMILES string of the molecule is CCCO[SiH](CCCCc1cccc(C(F)(F)F)c1)OCCC. The maximum Gasteiger partial charge on any atom is 0.416 e. The van der Waals surface area contributed by atoms with Crippen LogP contribution in [0.25, 0.3) is 0 Å². The zero-order chi connectivity index (χ0) is 17.1. The molecule has 0 atom stereocenters. The molecule has 1 aromatic carbocycles. The van der Waals surface area contributed by atoms with Gasteiger partial charge in [-0.3, -0.25) is 0 Å². The van der Waals surface area contributed by atoms with Crippen LogP contribution in [0.3, 0.4) is 0 Å². The van der Waals surface area contributed by atoms with Gasteiger partial charge in [-0.2, -0.15) is 13.2 Å². The molecule has 2 nitrogen and oxygen atoms in total. The molecule has 0 unspecified atom stereocenters. The molecule has 0 saturated carbocycles. The Kier molecular flexibility index (Phi) is 9.51. The van der Waals surface area contributed by atoms with Gasteiger partial charge < -0.3 is 8.85 Å². The van der Waals surface area contributed by atoms with Crippen molar-refractivity contribution in [1.82, 2.24) is 0 Å². The fraction of sp³-hybridized carbons (Fsp3) is 0.647. The van der Waals surface area contributed by atoms with Crippen molar-refractivity contribution in [2.24, 2.45) is 0 Å². The molecule has 1 rings (SSSR count). The average molecular weight is 348 g/mol. The molecule has 6 heteroatoms. The number of alkyl halides is 3. The summed E-state index contributed by atoms with van der Waals surface area (Å²) in [6.07, 6.45) is 0.130. The summed E-state index contributed by atoms with van der Waals surface area (Å²) >= 11 is 0. The van der Waals surface area contributed by atoms with E-state index in [-0.39, 0.29) is 0 Å². The number of benzene rings is 1. The van der Waals surface area contributed by atoms with Gasteiger partial charge in [0.05, 0.1) is 5.56 Å². The Morgan fingerprint density at radius 3 is 2.22 bits per heavy atom. The van der Waals surface area contributed by atoms with Gasteiger partial charge in [0.25, 0.3) is 0 Å². The lowest BCUT2D eigenvalue weighted by molar-refractivity contribution is -0.137. The Balaban J connectivity index is 2.37. The van der Waals surface area contributed by atoms with Gasteiger partial charge in [-0.05, 0) is 43.4 Å². The molecule has 0 amide bonds. The predicted molar refractivity (Wildman–Crippen MR) is 88.8 cm³/mol. The van der Waals surface area contributed by atoms with Crippen LogP contribution >= 0.6 is 0 Å². The Bertz CT molecular complexity index is 430. The molecule has 0 aliphatic carbocycles. The summed E-state index contributed by atoms with van der Waals surface area (Å²) < 4.78 is 49.6. The van der Waals surface area contributed by atoms with Crippen LogP contribution in [-0.2, 0) is 21.4 Å². The van der Waals surface area contributed by atoms with Crippen molar-refractivity contribution >= 4 is 9.28 Å². The van der Waals surface area contributed by atoms with Gasteiger partial charge in [-0.25, -0.2) is 0 Å². The van der Waals surface area contributed by atoms with E-state index in [0.717, 1.165) is 56.6 Å². The molecule has 1 aromatic rings. The minimum atomic E-state index is -4.27. The van der Waals surface area contributed by atoms with Crippen molar-refractivity contribution < 1.29 is 22.0 Å². The molecular weight excluding hydrogens is 321 g/mol. The maximum atomic E-state index is 12.7. The van der Waals surface area contributed by atoms with Gasteiger partial charge in [-0.1, -0.05) is 38.5 Å². The van der Waals surface area contributed by atoms with E-state index in [2.05, 4.69) is 13.8 Å². The molecule has 0 aliphatic heterocycles. The van der Waals surface area contributed by atoms with Crippen LogP contribution in [0.5, 0.6) is 0 Å². The van der Waals surface area contributed by atoms with Gasteiger partial charge in [0.1, 0.15) is 0 Å². The molecule has 0 aromatic heterocycles. The van der Waals surface area contributed by atoms with E-state index in [1.54, 1.807) is 6.07 Å². The minimum absolute atomic E-state index is 0.570. The summed E-state index contributed by atoms with van der Waals surface area (Å²) in [6.45, 7) is 5.60. The molecule has 23 heavy (non-hydrogen) atoms. The summed E-state index contributed by atoms with van der Waals surface area (Å²) in [5, 5.41) is 0. The van der Waals surface area contributed by atoms with E-state index >= 15 is 0 Å². The molecule has 132 valence electrons. The number of unbranched alkanes of at least 4 members (excludes halogenated alkanes) is 1. The van der Waals surface area contributed by atoms with Crippen molar-refractivity contribution in [2.75, 3.05) is 13.2 Å². The van der Waals surface area contributed by atoms with E-state index in [4.69, 9.17) is 8.85 Å². The highest BCUT2D eigenvalue weighted by Crippen LogP contribution is 2.29. The lowest BCUT2D eigenvalue weighted by Crippen LogP contribution is -2.23. The standard InChI is InChI=1S/C17H27F3O2Si/c1-3-11-21-23(22-12-4-2)13-6-5-8-15-9-7-10-16(14-15)17(18,19)20/h7,9-10,14,23H,3-6,8,11-13H2,1-2H3. The largest absolute Gasteiger partial charge is 0.416 e. The van der Waals surface area contributed by atoms with Crippen LogP contribution in [0, 0.1) is 0 Å². The first-order valence-corrected chi connectivity index (χ1v) is 10.1. The first-order valence-electron chi connectivity index (χ1n) is 8.36. The summed E-state index contributed by atoms with van der Waals surface area (Å²) in [4.78, 5) is 0. The van der Waals surface area contributed by atoms with Gasteiger partial charge in [0.15, 0.2) is 0 Å². The molecule has 0 fully saturated rings. The topological polar surface area (TPSA) is 18.5 Å². The van der Waals surface area contributed by atoms with Gasteiger partial charge in [0, 0.05) is 13.2 Å². The summed E-state index contributed by atoms with van der Waals surface area (Å²) in [5.41, 5.74) is 0.168. The Hall–Kier alpha value is -0.853. The highest BCUT2D eigenvalue weighted by atomic mass is 28.3. The van der Waals surface area contributed by atoms with E-state index in [1.165, 1.54) is 12.1 Å². The molecule has 0 saturated heterocycles. The zero-order valence-corrected chi connectivity index (χ0v) is 15.1. The van der Waals surface area contributed by atoms with E-state index in [0.29, 0.717) is 6.42 Å². The Morgan fingerprint density at radius 2 is 1.65 bits per heavy atom. The number of hydrogen-bond acceptors (Lipinski definition) is 2. The van der Waals surface area contributed by atoms with Crippen LogP contribution in [0.4, 0.5) is 13.2 Å². The second-order valence-electron chi connectivity index (χ2n) is 5.62. The van der Waals surface area contributed by atoms with Crippen LogP contribution in [0.1, 0.15) is 50.7 Å². The molecule has 0 heterocycles. The van der Waals surface area contributed by atoms with Crippen molar-refractivity contribution in [2.45, 2.75) is 58.2 Å². The summed E-state index contributed by atoms with van der Waals surface area (Å²) in [5.74, 6) is 0. The normalized spacial score (nSPS) is 12.1. The summed E-state index contributed by atoms with van der Waals surface area (Å²) in [6, 6.07) is 6.51. The molecular formula is C17H27F3O2Si. The van der Waals surface area contributed by atoms with Crippen molar-refractivity contribution in [3.63, 3.8) is 0 Å². The second kappa shape index (κ2) is 10.8. The van der Waals surface area contributed by atoms with E-state index in [1.807, 2.05) is 0 Å². The lowest BCUT2D eigenvalue weighted by Gasteiger charge is -2.16. The quantitative estimate of drug-likeness (QED) is 0.409. The van der Waals surface area contributed by atoms with Crippen LogP contribution < -0.4 is 0 Å². The number of hydrogen-bond donors (Lipinski definition) is 0. The third kappa shape index (κ3) is 8.53. The van der Waals surface area contributed by atoms with Crippen LogP contribution in [0.2, 0.25) is 6.04 Å². The molecule has 0 bridgehead atoms. The van der Waals surface area contributed by atoms with Gasteiger partial charge in [-0.15, -0.1) is 0 Å². The van der Waals surface area contributed by atoms with Crippen LogP contribution in [-0.4, -0.2) is 22.5 Å². The fourth-order valence-corrected chi connectivity index (χ4v) is 4.31. The highest BCUT2D eigenvalue weighted by molar-refractivity contribution is 6.44. The Morgan fingerprint density at radius 1 is 1.00 bits per heavy atom. The zero-order valence-electron chi connectivity index (χ0n) is 14.0. The molecule has 0 aliphatic rings. The molecule has 0 radical (unpaired) electrons. The minimum Gasteiger partial charge on any atom is -0.397 e. The molecule has 0 N–H and O–H groups in total. The van der Waals surface area contributed by atoms with Gasteiger partial charge in [0.2, 0.25) is 0 Å². The fourth-order valence-electron chi connectivity index (χ4n) is 2.26. The van der Waals surface area contributed by atoms with E-state index < -0.39 is 21.0 Å². The van der Waals surface area contributed by atoms with Crippen LogP contribution in [0.15, 0.2) is 24.3 Å². The maximum absolute atomic E-state index is 12.7. The third-order valence-electron chi connectivity index (χ3n) is 3.43. The smallest absolute Gasteiger partial charge is 0.397 e. The monoisotopic (exact) mass is 348 g/mol. The van der Waals surface area contributed by atoms with Gasteiger partial charge >= 0.3 is 15.5 Å². The van der Waals surface area contributed by atoms with Crippen molar-refractivity contribution in [3.05, 3.63) is 35.4 Å². The first-order chi connectivity index (χ1) is 11.0. The van der Waals surface area contributed by atoms with E-state index in [9.17, 15) is 13.2 Å². The van der Waals surface area contributed by atoms with Crippen molar-refractivity contribution in [3.8, 4) is 0 Å². The highest BCUT2D eigenvalue weighted by Gasteiger charge is 2.30. The summed E-state index contributed by atoms with van der Waals surface area (Å²) in [7, 11) is -1.61. The second-order valence-corrected chi connectivity index (χ2v) is 7.72. The molecule has 0 spiro atoms. The third-order valence-corrected chi connectivity index (χ3v) is 5.52.